The fourth-order valence-electron chi connectivity index (χ4n) is 4.15. The number of amidine groups is 1. The van der Waals surface area contributed by atoms with Crippen molar-refractivity contribution in [2.75, 3.05) is 17.7 Å². The van der Waals surface area contributed by atoms with E-state index in [9.17, 15) is 0 Å². The Kier molecular flexibility index (Phi) is 4.93. The highest BCUT2D eigenvalue weighted by Crippen LogP contribution is 2.39. The number of para-hydroxylation sites is 2. The Labute approximate surface area is 155 Å². The molecule has 1 heterocycles. The molecule has 26 heavy (non-hydrogen) atoms. The van der Waals surface area contributed by atoms with Gasteiger partial charge in [0.15, 0.2) is 0 Å². The summed E-state index contributed by atoms with van der Waals surface area (Å²) >= 11 is 0. The van der Waals surface area contributed by atoms with E-state index in [1.54, 1.807) is 7.11 Å². The molecular weight excluding hydrogens is 322 g/mol. The first-order valence-electron chi connectivity index (χ1n) is 9.56. The number of rotatable bonds is 4. The average molecular weight is 349 g/mol. The Hall–Kier alpha value is -2.33. The van der Waals surface area contributed by atoms with E-state index in [2.05, 4.69) is 59.2 Å². The van der Waals surface area contributed by atoms with Crippen molar-refractivity contribution < 1.29 is 4.74 Å². The number of hydrogen-bond acceptors (Lipinski definition) is 3. The highest BCUT2D eigenvalue weighted by atomic mass is 16.5. The molecule has 2 N–H and O–H groups in total. The molecule has 2 aromatic carbocycles. The number of nitrogens with one attached hydrogen (secondary N) is 2. The normalized spacial score (nSPS) is 19.7. The molecule has 0 unspecified atom stereocenters. The van der Waals surface area contributed by atoms with Gasteiger partial charge in [0.05, 0.1) is 30.1 Å². The van der Waals surface area contributed by atoms with Crippen LogP contribution >= 0.6 is 0 Å². The molecule has 0 saturated heterocycles. The fourth-order valence-corrected chi connectivity index (χ4v) is 4.15. The highest BCUT2D eigenvalue weighted by Gasteiger charge is 2.40. The number of methoxy groups -OCH3 is 1. The van der Waals surface area contributed by atoms with Gasteiger partial charge in [0.25, 0.3) is 0 Å². The third-order valence-corrected chi connectivity index (χ3v) is 5.54. The van der Waals surface area contributed by atoms with Crippen molar-refractivity contribution in [2.24, 2.45) is 4.99 Å². The Balaban J connectivity index is 1.65. The zero-order chi connectivity index (χ0) is 17.8. The standard InChI is InChI=1S/C22H27N3O/c1-26-16-18-10-4-3-9-17(18)15-23-21-22(13-7-2-8-14-22)25-20-12-6-5-11-19(20)24-21/h3-6,9-12,25H,2,7-8,13-16H2,1H3,(H,23,24). The lowest BCUT2D eigenvalue weighted by molar-refractivity contribution is 0.184. The number of nitrogens with zero attached hydrogens (tertiary/aromatic N) is 1. The van der Waals surface area contributed by atoms with Crippen molar-refractivity contribution in [3.05, 3.63) is 59.7 Å². The summed E-state index contributed by atoms with van der Waals surface area (Å²) in [4.78, 5) is 5.06. The number of aliphatic imine (C=N–C) groups is 1. The molecule has 0 aromatic heterocycles. The number of fused-ring (bicyclic) bond motifs is 1. The Morgan fingerprint density at radius 2 is 1.62 bits per heavy atom. The molecule has 1 spiro atoms. The molecule has 0 radical (unpaired) electrons. The zero-order valence-electron chi connectivity index (χ0n) is 15.4. The van der Waals surface area contributed by atoms with E-state index in [1.807, 2.05) is 0 Å². The van der Waals surface area contributed by atoms with E-state index in [4.69, 9.17) is 9.73 Å². The van der Waals surface area contributed by atoms with Crippen LogP contribution in [0.5, 0.6) is 0 Å². The maximum absolute atomic E-state index is 5.34. The van der Waals surface area contributed by atoms with Gasteiger partial charge in [0.2, 0.25) is 0 Å². The summed E-state index contributed by atoms with van der Waals surface area (Å²) in [5.41, 5.74) is 4.69. The minimum absolute atomic E-state index is 0.0528. The van der Waals surface area contributed by atoms with Crippen LogP contribution in [-0.2, 0) is 17.9 Å². The third kappa shape index (κ3) is 3.34. The predicted octanol–water partition coefficient (Wildman–Crippen LogP) is 4.97. The van der Waals surface area contributed by atoms with E-state index >= 15 is 0 Å². The van der Waals surface area contributed by atoms with Crippen LogP contribution in [0.15, 0.2) is 53.5 Å². The van der Waals surface area contributed by atoms with Gasteiger partial charge < -0.3 is 15.4 Å². The Morgan fingerprint density at radius 1 is 0.923 bits per heavy atom. The number of hydrogen-bond donors (Lipinski definition) is 2. The molecule has 1 aliphatic carbocycles. The molecule has 0 bridgehead atoms. The Morgan fingerprint density at radius 3 is 2.38 bits per heavy atom. The predicted molar refractivity (Wildman–Crippen MR) is 108 cm³/mol. The van der Waals surface area contributed by atoms with Crippen molar-refractivity contribution in [1.82, 2.24) is 0 Å². The SMILES string of the molecule is COCc1ccccc1CN=C1Nc2ccccc2NC12CCCCC2. The lowest BCUT2D eigenvalue weighted by Gasteiger charge is -2.44. The minimum Gasteiger partial charge on any atom is -0.380 e. The number of anilines is 2. The van der Waals surface area contributed by atoms with Crippen LogP contribution in [0.4, 0.5) is 11.4 Å². The lowest BCUT2D eigenvalue weighted by Crippen LogP contribution is -2.53. The van der Waals surface area contributed by atoms with Crippen molar-refractivity contribution in [2.45, 2.75) is 50.8 Å². The molecule has 0 atom stereocenters. The first-order valence-corrected chi connectivity index (χ1v) is 9.56. The molecule has 2 aromatic rings. The second-order valence-electron chi connectivity index (χ2n) is 7.30. The quantitative estimate of drug-likeness (QED) is 0.819. The van der Waals surface area contributed by atoms with Gasteiger partial charge in [0.1, 0.15) is 5.84 Å². The summed E-state index contributed by atoms with van der Waals surface area (Å²) in [5.74, 6) is 1.09. The summed E-state index contributed by atoms with van der Waals surface area (Å²) in [5, 5.41) is 7.46. The number of benzene rings is 2. The van der Waals surface area contributed by atoms with Gasteiger partial charge in [-0.2, -0.15) is 0 Å². The molecule has 1 saturated carbocycles. The van der Waals surface area contributed by atoms with E-state index < -0.39 is 0 Å². The van der Waals surface area contributed by atoms with E-state index in [1.165, 1.54) is 36.1 Å². The molecule has 4 nitrogen and oxygen atoms in total. The second kappa shape index (κ2) is 7.50. The maximum Gasteiger partial charge on any atom is 0.127 e. The maximum atomic E-state index is 5.34. The van der Waals surface area contributed by atoms with Crippen LogP contribution < -0.4 is 10.6 Å². The van der Waals surface area contributed by atoms with Gasteiger partial charge in [-0.25, -0.2) is 0 Å². The lowest BCUT2D eigenvalue weighted by atomic mass is 9.79. The van der Waals surface area contributed by atoms with Gasteiger partial charge in [-0.1, -0.05) is 55.7 Å². The van der Waals surface area contributed by atoms with Gasteiger partial charge in [-0.3, -0.25) is 4.99 Å². The molecule has 2 aliphatic rings. The van der Waals surface area contributed by atoms with Crippen LogP contribution in [0.25, 0.3) is 0 Å². The summed E-state index contributed by atoms with van der Waals surface area (Å²) in [7, 11) is 1.74. The molecular formula is C22H27N3O. The Bertz CT molecular complexity index is 793. The number of ether oxygens (including phenoxy) is 1. The molecule has 0 amide bonds. The van der Waals surface area contributed by atoms with Crippen LogP contribution in [0, 0.1) is 0 Å². The van der Waals surface area contributed by atoms with Crippen LogP contribution in [0.3, 0.4) is 0 Å². The average Bonchev–Trinajstić information content (AvgIpc) is 2.68. The molecule has 136 valence electrons. The highest BCUT2D eigenvalue weighted by molar-refractivity contribution is 6.09. The summed E-state index contributed by atoms with van der Waals surface area (Å²) in [6, 6.07) is 16.8. The smallest absolute Gasteiger partial charge is 0.127 e. The van der Waals surface area contributed by atoms with Crippen molar-refractivity contribution in [1.29, 1.82) is 0 Å². The van der Waals surface area contributed by atoms with Crippen molar-refractivity contribution in [3.8, 4) is 0 Å². The molecule has 4 rings (SSSR count). The van der Waals surface area contributed by atoms with Crippen LogP contribution in [-0.4, -0.2) is 18.5 Å². The summed E-state index contributed by atoms with van der Waals surface area (Å²) in [6.07, 6.45) is 6.07. The van der Waals surface area contributed by atoms with Crippen molar-refractivity contribution >= 4 is 17.2 Å². The fraction of sp³-hybridized carbons (Fsp3) is 0.409. The topological polar surface area (TPSA) is 45.6 Å². The second-order valence-corrected chi connectivity index (χ2v) is 7.30. The zero-order valence-corrected chi connectivity index (χ0v) is 15.4. The molecule has 1 fully saturated rings. The largest absolute Gasteiger partial charge is 0.380 e. The third-order valence-electron chi connectivity index (χ3n) is 5.54. The van der Waals surface area contributed by atoms with E-state index in [-0.39, 0.29) is 5.54 Å². The van der Waals surface area contributed by atoms with Gasteiger partial charge in [0, 0.05) is 7.11 Å². The van der Waals surface area contributed by atoms with E-state index in [0.29, 0.717) is 13.2 Å². The van der Waals surface area contributed by atoms with Crippen LogP contribution in [0.1, 0.15) is 43.2 Å². The van der Waals surface area contributed by atoms with Crippen LogP contribution in [0.2, 0.25) is 0 Å². The minimum atomic E-state index is -0.0528. The summed E-state index contributed by atoms with van der Waals surface area (Å²) < 4.78 is 5.34. The van der Waals surface area contributed by atoms with Gasteiger partial charge in [-0.15, -0.1) is 0 Å². The van der Waals surface area contributed by atoms with Gasteiger partial charge >= 0.3 is 0 Å². The van der Waals surface area contributed by atoms with Crippen molar-refractivity contribution in [3.63, 3.8) is 0 Å². The van der Waals surface area contributed by atoms with E-state index in [0.717, 1.165) is 24.4 Å². The monoisotopic (exact) mass is 349 g/mol. The molecule has 1 aliphatic heterocycles. The molecule has 4 heteroatoms. The first-order chi connectivity index (χ1) is 12.8. The van der Waals surface area contributed by atoms with Gasteiger partial charge in [-0.05, 0) is 36.1 Å². The summed E-state index contributed by atoms with van der Waals surface area (Å²) in [6.45, 7) is 1.30. The first kappa shape index (κ1) is 17.1.